The molecule has 6 rings (SSSR count). The molecule has 0 aliphatic carbocycles. The topological polar surface area (TPSA) is 109 Å². The van der Waals surface area contributed by atoms with E-state index in [9.17, 15) is 18.8 Å². The van der Waals surface area contributed by atoms with Crippen molar-refractivity contribution >= 4 is 46.4 Å². The summed E-state index contributed by atoms with van der Waals surface area (Å²) in [6.45, 7) is 1.90. The fraction of sp³-hybridized carbons (Fsp3) is 0.273. The van der Waals surface area contributed by atoms with Crippen molar-refractivity contribution in [1.29, 1.82) is 0 Å². The van der Waals surface area contributed by atoms with Crippen LogP contribution in [0.3, 0.4) is 0 Å². The van der Waals surface area contributed by atoms with Gasteiger partial charge in [-0.3, -0.25) is 9.59 Å². The van der Waals surface area contributed by atoms with Crippen LogP contribution in [0.2, 0.25) is 5.02 Å². The van der Waals surface area contributed by atoms with Gasteiger partial charge in [-0.25, -0.2) is 9.18 Å². The quantitative estimate of drug-likeness (QED) is 0.382. The molecule has 3 heterocycles. The van der Waals surface area contributed by atoms with Gasteiger partial charge >= 0.3 is 5.97 Å². The van der Waals surface area contributed by atoms with E-state index in [-0.39, 0.29) is 29.3 Å². The Hall–Kier alpha value is -4.54. The minimum Gasteiger partial charge on any atom is -0.465 e. The van der Waals surface area contributed by atoms with E-state index in [1.807, 2.05) is 12.1 Å². The summed E-state index contributed by atoms with van der Waals surface area (Å²) in [5.74, 6) is -1.96. The molecular formula is C33H30ClFN4O5. The minimum absolute atomic E-state index is 0.0305. The summed E-state index contributed by atoms with van der Waals surface area (Å²) in [5.41, 5.74) is 5.28. The van der Waals surface area contributed by atoms with Gasteiger partial charge < -0.3 is 25.1 Å². The summed E-state index contributed by atoms with van der Waals surface area (Å²) in [6, 6.07) is 15.8. The number of rotatable bonds is 6. The third kappa shape index (κ3) is 5.70. The fourth-order valence-electron chi connectivity index (χ4n) is 5.96. The van der Waals surface area contributed by atoms with Gasteiger partial charge in [0.2, 0.25) is 6.10 Å². The van der Waals surface area contributed by atoms with E-state index in [1.165, 1.54) is 29.7 Å². The zero-order valence-electron chi connectivity index (χ0n) is 23.9. The number of amides is 2. The highest BCUT2D eigenvalue weighted by Gasteiger charge is 2.42. The Morgan fingerprint density at radius 3 is 2.59 bits per heavy atom. The minimum atomic E-state index is -1.03. The van der Waals surface area contributed by atoms with Crippen molar-refractivity contribution in [3.05, 3.63) is 105 Å². The molecule has 9 nitrogen and oxygen atoms in total. The van der Waals surface area contributed by atoms with Gasteiger partial charge in [-0.1, -0.05) is 47.1 Å². The molecule has 44 heavy (non-hydrogen) atoms. The first-order chi connectivity index (χ1) is 21.4. The molecule has 0 bridgehead atoms. The lowest BCUT2D eigenvalue weighted by atomic mass is 9.84. The monoisotopic (exact) mass is 616 g/mol. The predicted octanol–water partition coefficient (Wildman–Crippen LogP) is 4.90. The Morgan fingerprint density at radius 2 is 1.84 bits per heavy atom. The van der Waals surface area contributed by atoms with Gasteiger partial charge in [0.15, 0.2) is 5.82 Å². The van der Waals surface area contributed by atoms with Crippen LogP contribution in [0, 0.1) is 5.82 Å². The van der Waals surface area contributed by atoms with Crippen LogP contribution < -0.4 is 10.6 Å². The third-order valence-corrected chi connectivity index (χ3v) is 8.43. The number of oxime groups is 1. The number of benzene rings is 3. The maximum Gasteiger partial charge on any atom is 0.337 e. The second-order valence-corrected chi connectivity index (χ2v) is 11.1. The van der Waals surface area contributed by atoms with E-state index in [0.717, 1.165) is 36.2 Å². The Kier molecular flexibility index (Phi) is 8.45. The second-order valence-electron chi connectivity index (χ2n) is 10.7. The van der Waals surface area contributed by atoms with Crippen molar-refractivity contribution in [3.8, 4) is 0 Å². The molecule has 3 aliphatic rings. The smallest absolute Gasteiger partial charge is 0.337 e. The van der Waals surface area contributed by atoms with E-state index in [2.05, 4.69) is 27.9 Å². The molecule has 2 N–H and O–H groups in total. The molecule has 2 amide bonds. The number of esters is 1. The number of anilines is 1. The van der Waals surface area contributed by atoms with Crippen molar-refractivity contribution in [2.75, 3.05) is 32.1 Å². The third-order valence-electron chi connectivity index (χ3n) is 8.14. The van der Waals surface area contributed by atoms with E-state index >= 15 is 0 Å². The molecule has 3 aromatic carbocycles. The Bertz CT molecular complexity index is 1690. The van der Waals surface area contributed by atoms with Crippen molar-refractivity contribution in [3.63, 3.8) is 0 Å². The van der Waals surface area contributed by atoms with E-state index in [4.69, 9.17) is 21.2 Å². The zero-order valence-corrected chi connectivity index (χ0v) is 24.7. The highest BCUT2D eigenvalue weighted by Crippen LogP contribution is 2.37. The summed E-state index contributed by atoms with van der Waals surface area (Å²) in [4.78, 5) is 47.0. The standard InChI is InChI=1S/C33H30ClFN4O5/c1-43-33(42)20-8-10-21(11-9-20)37-31(40)30-24-5-2-4-22(19-12-15-36-16-13-19)23(24)14-17-39(30)32(41)28-18-27(38-44-28)25-6-3-7-26(34)29(25)35/h2-12,28,30,36H,13-18H2,1H3,(H,37,40)/t28?,30-/m0/s1. The Balaban J connectivity index is 1.31. The Morgan fingerprint density at radius 1 is 1.07 bits per heavy atom. The van der Waals surface area contributed by atoms with Crippen LogP contribution in [-0.2, 0) is 25.6 Å². The number of halogens is 2. The second kappa shape index (κ2) is 12.6. The van der Waals surface area contributed by atoms with Crippen molar-refractivity contribution in [2.24, 2.45) is 5.16 Å². The van der Waals surface area contributed by atoms with Crippen molar-refractivity contribution in [2.45, 2.75) is 31.4 Å². The van der Waals surface area contributed by atoms with Crippen molar-refractivity contribution in [1.82, 2.24) is 10.2 Å². The predicted molar refractivity (Wildman–Crippen MR) is 164 cm³/mol. The number of fused-ring (bicyclic) bond motifs is 1. The molecule has 0 fully saturated rings. The lowest BCUT2D eigenvalue weighted by molar-refractivity contribution is -0.148. The maximum absolute atomic E-state index is 14.7. The molecule has 3 aliphatic heterocycles. The van der Waals surface area contributed by atoms with Crippen LogP contribution in [0.15, 0.2) is 71.9 Å². The summed E-state index contributed by atoms with van der Waals surface area (Å²) in [7, 11) is 1.30. The lowest BCUT2D eigenvalue weighted by Gasteiger charge is -2.38. The molecule has 226 valence electrons. The van der Waals surface area contributed by atoms with Gasteiger partial charge in [-0.15, -0.1) is 0 Å². The number of ether oxygens (including phenoxy) is 1. The van der Waals surface area contributed by atoms with Gasteiger partial charge in [0.05, 0.1) is 23.4 Å². The van der Waals surface area contributed by atoms with Crippen LogP contribution >= 0.6 is 11.6 Å². The average Bonchev–Trinajstić information content (AvgIpc) is 3.55. The molecule has 3 aromatic rings. The van der Waals surface area contributed by atoms with Gasteiger partial charge in [0, 0.05) is 30.8 Å². The molecule has 1 unspecified atom stereocenters. The number of carbonyl (C=O) groups is 3. The van der Waals surface area contributed by atoms with Gasteiger partial charge in [-0.2, -0.15) is 0 Å². The van der Waals surface area contributed by atoms with E-state index < -0.39 is 35.7 Å². The van der Waals surface area contributed by atoms with Gasteiger partial charge in [0.1, 0.15) is 6.04 Å². The van der Waals surface area contributed by atoms with Crippen LogP contribution in [0.1, 0.15) is 51.5 Å². The molecule has 11 heteroatoms. The molecule has 0 aromatic heterocycles. The normalized spacial score (nSPS) is 19.3. The number of nitrogens with zero attached hydrogens (tertiary/aromatic N) is 2. The molecule has 0 saturated heterocycles. The molecule has 0 spiro atoms. The number of hydrogen-bond donors (Lipinski definition) is 2. The fourth-order valence-corrected chi connectivity index (χ4v) is 6.13. The molecule has 2 atom stereocenters. The number of hydrogen-bond acceptors (Lipinski definition) is 7. The highest BCUT2D eigenvalue weighted by molar-refractivity contribution is 6.31. The maximum atomic E-state index is 14.7. The average molecular weight is 617 g/mol. The first-order valence-electron chi connectivity index (χ1n) is 14.3. The first-order valence-corrected chi connectivity index (χ1v) is 14.7. The summed E-state index contributed by atoms with van der Waals surface area (Å²) in [5, 5.41) is 10.2. The number of methoxy groups -OCH3 is 1. The summed E-state index contributed by atoms with van der Waals surface area (Å²) in [6.07, 6.45) is 2.56. The lowest BCUT2D eigenvalue weighted by Crippen LogP contribution is -2.49. The van der Waals surface area contributed by atoms with E-state index in [1.54, 1.807) is 30.3 Å². The van der Waals surface area contributed by atoms with Crippen LogP contribution in [-0.4, -0.2) is 61.2 Å². The van der Waals surface area contributed by atoms with E-state index in [0.29, 0.717) is 17.7 Å². The largest absolute Gasteiger partial charge is 0.465 e. The Labute approximate surface area is 258 Å². The number of carbonyl (C=O) groups excluding carboxylic acids is 3. The van der Waals surface area contributed by atoms with Crippen molar-refractivity contribution < 1.29 is 28.3 Å². The van der Waals surface area contributed by atoms with Gasteiger partial charge in [-0.05, 0) is 78.0 Å². The number of nitrogens with one attached hydrogen (secondary N) is 2. The summed E-state index contributed by atoms with van der Waals surface area (Å²) < 4.78 is 19.5. The first kappa shape index (κ1) is 29.5. The highest BCUT2D eigenvalue weighted by atomic mass is 35.5. The van der Waals surface area contributed by atoms with Crippen LogP contribution in [0.25, 0.3) is 5.57 Å². The van der Waals surface area contributed by atoms with Crippen LogP contribution in [0.4, 0.5) is 10.1 Å². The molecule has 0 saturated carbocycles. The molecule has 0 radical (unpaired) electrons. The van der Waals surface area contributed by atoms with Gasteiger partial charge in [0.25, 0.3) is 11.8 Å². The zero-order chi connectivity index (χ0) is 30.8. The SMILES string of the molecule is COC(=O)c1ccc(NC(=O)[C@@H]2c3cccc(C4=CCNCC4)c3CCN2C(=O)C2CC(c3cccc(Cl)c3F)=NO2)cc1. The molecular weight excluding hydrogens is 587 g/mol. The van der Waals surface area contributed by atoms with Crippen LogP contribution in [0.5, 0.6) is 0 Å². The summed E-state index contributed by atoms with van der Waals surface area (Å²) >= 11 is 5.96.